The molecule has 2 heterocycles. The Kier molecular flexibility index (Phi) is 11.2. The van der Waals surface area contributed by atoms with Gasteiger partial charge in [-0.25, -0.2) is 4.79 Å². The largest absolute Gasteiger partial charge is 0.445 e. The van der Waals surface area contributed by atoms with Gasteiger partial charge in [-0.2, -0.15) is 0 Å². The lowest BCUT2D eigenvalue weighted by Gasteiger charge is -2.43. The van der Waals surface area contributed by atoms with Crippen LogP contribution in [0.3, 0.4) is 0 Å². The average Bonchev–Trinajstić information content (AvgIpc) is 3.50. The van der Waals surface area contributed by atoms with E-state index in [9.17, 15) is 9.90 Å². The molecule has 1 amide bonds. The first kappa shape index (κ1) is 31.9. The van der Waals surface area contributed by atoms with Crippen molar-refractivity contribution in [1.29, 1.82) is 0 Å². The van der Waals surface area contributed by atoms with Crippen molar-refractivity contribution in [2.24, 2.45) is 5.92 Å². The molecule has 0 radical (unpaired) electrons. The maximum Gasteiger partial charge on any atom is 0.407 e. The van der Waals surface area contributed by atoms with E-state index in [1.807, 2.05) is 36.4 Å². The van der Waals surface area contributed by atoms with E-state index in [4.69, 9.17) is 18.9 Å². The van der Waals surface area contributed by atoms with Gasteiger partial charge in [-0.1, -0.05) is 92.4 Å². The molecule has 2 saturated heterocycles. The Hall–Kier alpha value is -3.53. The van der Waals surface area contributed by atoms with Gasteiger partial charge in [-0.05, 0) is 47.2 Å². The predicted octanol–water partition coefficient (Wildman–Crippen LogP) is 6.16. The molecule has 2 fully saturated rings. The third-order valence-electron chi connectivity index (χ3n) is 8.66. The number of nitrogens with one attached hydrogen (secondary N) is 1. The van der Waals surface area contributed by atoms with E-state index in [2.05, 4.69) is 60.1 Å². The van der Waals surface area contributed by atoms with Crippen LogP contribution in [0.25, 0.3) is 11.1 Å². The van der Waals surface area contributed by atoms with E-state index in [1.54, 1.807) is 7.11 Å². The van der Waals surface area contributed by atoms with Crippen LogP contribution in [0.1, 0.15) is 54.4 Å². The molecule has 8 heteroatoms. The van der Waals surface area contributed by atoms with Crippen molar-refractivity contribution in [3.8, 4) is 11.1 Å². The van der Waals surface area contributed by atoms with Crippen molar-refractivity contribution in [3.63, 3.8) is 0 Å². The number of aliphatic hydroxyl groups is 1. The van der Waals surface area contributed by atoms with Crippen molar-refractivity contribution < 1.29 is 28.8 Å². The van der Waals surface area contributed by atoms with Gasteiger partial charge in [-0.15, -0.1) is 0 Å². The zero-order valence-corrected chi connectivity index (χ0v) is 25.7. The summed E-state index contributed by atoms with van der Waals surface area (Å²) < 4.78 is 24.0. The molecular weight excluding hydrogens is 556 g/mol. The van der Waals surface area contributed by atoms with E-state index in [0.29, 0.717) is 12.6 Å². The molecule has 2 aliphatic rings. The maximum absolute atomic E-state index is 12.0. The molecule has 0 aliphatic carbocycles. The smallest absolute Gasteiger partial charge is 0.407 e. The Morgan fingerprint density at radius 3 is 2.55 bits per heavy atom. The first-order valence-corrected chi connectivity index (χ1v) is 15.4. The van der Waals surface area contributed by atoms with Crippen LogP contribution < -0.4 is 5.32 Å². The summed E-state index contributed by atoms with van der Waals surface area (Å²) >= 11 is 0. The molecule has 2 N–H and O–H groups in total. The molecule has 3 aromatic carbocycles. The molecule has 0 unspecified atom stereocenters. The van der Waals surface area contributed by atoms with Crippen LogP contribution in [0.4, 0.5) is 4.79 Å². The molecular formula is C36H44N2O6. The highest BCUT2D eigenvalue weighted by molar-refractivity contribution is 5.70. The van der Waals surface area contributed by atoms with Crippen LogP contribution in [0.5, 0.6) is 0 Å². The number of likely N-dealkylation sites (tertiary alicyclic amines) is 1. The first-order chi connectivity index (χ1) is 21.5. The highest BCUT2D eigenvalue weighted by atomic mass is 16.7. The lowest BCUT2D eigenvalue weighted by Crippen LogP contribution is -2.46. The Balaban J connectivity index is 1.36. The van der Waals surface area contributed by atoms with Gasteiger partial charge in [0.25, 0.3) is 0 Å². The molecule has 3 aromatic rings. The SMILES string of the molecule is C=CCOC(=O)NCc1ccccc1-c1ccc([C@H]2O[C@@H](CN3CCC[C@H]3COC)[C@@H](C)[C@@H](c3ccc(CO)cc3)O2)cc1. The van der Waals surface area contributed by atoms with E-state index in [-0.39, 0.29) is 31.3 Å². The van der Waals surface area contributed by atoms with E-state index >= 15 is 0 Å². The number of alkyl carbamates (subject to hydrolysis) is 1. The third-order valence-corrected chi connectivity index (χ3v) is 8.66. The van der Waals surface area contributed by atoms with Gasteiger partial charge in [0.1, 0.15) is 6.61 Å². The molecule has 8 nitrogen and oxygen atoms in total. The normalized spacial score (nSPS) is 23.8. The number of carbonyl (C=O) groups is 1. The maximum atomic E-state index is 12.0. The predicted molar refractivity (Wildman–Crippen MR) is 170 cm³/mol. The topological polar surface area (TPSA) is 89.5 Å². The Bertz CT molecular complexity index is 1360. The standard InChI is InChI=1S/C36H44N2O6/c1-4-20-42-36(40)37-21-30-8-5-6-10-32(30)27-15-17-29(18-16-27)35-43-33(22-38-19-7-9-31(38)24-41-3)25(2)34(44-35)28-13-11-26(23-39)12-14-28/h4-6,8,10-18,25,31,33-35,39H,1,7,9,19-24H2,2-3H3,(H,37,40)/t25-,31+,33+,34+,35+/m1/s1. The van der Waals surface area contributed by atoms with Gasteiger partial charge in [0.15, 0.2) is 6.29 Å². The van der Waals surface area contributed by atoms with Crippen LogP contribution in [0.2, 0.25) is 0 Å². The molecule has 0 spiro atoms. The van der Waals surface area contributed by atoms with Gasteiger partial charge >= 0.3 is 6.09 Å². The average molecular weight is 601 g/mol. The highest BCUT2D eigenvalue weighted by Gasteiger charge is 2.40. The summed E-state index contributed by atoms with van der Waals surface area (Å²) in [6.07, 6.45) is 2.62. The minimum Gasteiger partial charge on any atom is -0.445 e. The number of ether oxygens (including phenoxy) is 4. The van der Waals surface area contributed by atoms with Gasteiger partial charge in [-0.3, -0.25) is 4.90 Å². The molecule has 5 atom stereocenters. The zero-order valence-electron chi connectivity index (χ0n) is 25.7. The number of hydrogen-bond donors (Lipinski definition) is 2. The van der Waals surface area contributed by atoms with Crippen molar-refractivity contribution in [2.45, 2.75) is 57.5 Å². The first-order valence-electron chi connectivity index (χ1n) is 15.4. The van der Waals surface area contributed by atoms with Crippen LogP contribution in [-0.2, 0) is 32.1 Å². The lowest BCUT2D eigenvalue weighted by molar-refractivity contribution is -0.276. The number of rotatable bonds is 12. The second kappa shape index (κ2) is 15.5. The Labute approximate surface area is 260 Å². The van der Waals surface area contributed by atoms with Crippen molar-refractivity contribution >= 4 is 6.09 Å². The van der Waals surface area contributed by atoms with Crippen molar-refractivity contribution in [1.82, 2.24) is 10.2 Å². The van der Waals surface area contributed by atoms with E-state index < -0.39 is 12.4 Å². The summed E-state index contributed by atoms with van der Waals surface area (Å²) in [5, 5.41) is 12.4. The number of aliphatic hydroxyl groups excluding tert-OH is 1. The fraction of sp³-hybridized carbons (Fsp3) is 0.417. The Morgan fingerprint density at radius 2 is 1.82 bits per heavy atom. The minimum atomic E-state index is -0.534. The second-order valence-electron chi connectivity index (χ2n) is 11.6. The van der Waals surface area contributed by atoms with Crippen LogP contribution in [-0.4, -0.2) is 61.7 Å². The number of nitrogens with zero attached hydrogens (tertiary/aromatic N) is 1. The third kappa shape index (κ3) is 7.75. The highest BCUT2D eigenvalue weighted by Crippen LogP contribution is 2.42. The number of hydrogen-bond acceptors (Lipinski definition) is 7. The number of carbonyl (C=O) groups excluding carboxylic acids is 1. The van der Waals surface area contributed by atoms with Crippen LogP contribution in [0, 0.1) is 5.92 Å². The Morgan fingerprint density at radius 1 is 1.07 bits per heavy atom. The number of methoxy groups -OCH3 is 1. The van der Waals surface area contributed by atoms with Crippen LogP contribution in [0.15, 0.2) is 85.5 Å². The number of benzene rings is 3. The summed E-state index contributed by atoms with van der Waals surface area (Å²) in [5.41, 5.74) is 5.94. The van der Waals surface area contributed by atoms with Gasteiger partial charge in [0.2, 0.25) is 0 Å². The van der Waals surface area contributed by atoms with Gasteiger partial charge < -0.3 is 29.4 Å². The van der Waals surface area contributed by atoms with Crippen LogP contribution >= 0.6 is 0 Å². The molecule has 44 heavy (non-hydrogen) atoms. The molecule has 0 aromatic heterocycles. The van der Waals surface area contributed by atoms with E-state index in [0.717, 1.165) is 65.9 Å². The summed E-state index contributed by atoms with van der Waals surface area (Å²) in [4.78, 5) is 14.5. The molecule has 0 bridgehead atoms. The van der Waals surface area contributed by atoms with Crippen molar-refractivity contribution in [2.75, 3.05) is 33.4 Å². The fourth-order valence-corrected chi connectivity index (χ4v) is 6.20. The molecule has 2 aliphatic heterocycles. The van der Waals surface area contributed by atoms with Gasteiger partial charge in [0, 0.05) is 37.7 Å². The summed E-state index contributed by atoms with van der Waals surface area (Å²) in [7, 11) is 1.77. The molecule has 234 valence electrons. The van der Waals surface area contributed by atoms with Gasteiger partial charge in [0.05, 0.1) is 25.4 Å². The summed E-state index contributed by atoms with van der Waals surface area (Å²) in [6, 6.07) is 24.7. The van der Waals surface area contributed by atoms with E-state index in [1.165, 1.54) is 6.08 Å². The lowest BCUT2D eigenvalue weighted by atomic mass is 9.89. The number of amides is 1. The summed E-state index contributed by atoms with van der Waals surface area (Å²) in [6.45, 7) is 8.88. The monoisotopic (exact) mass is 600 g/mol. The molecule has 5 rings (SSSR count). The quantitative estimate of drug-likeness (QED) is 0.241. The second-order valence-corrected chi connectivity index (χ2v) is 11.6. The zero-order chi connectivity index (χ0) is 30.9. The fourth-order valence-electron chi connectivity index (χ4n) is 6.20. The van der Waals surface area contributed by atoms with Crippen molar-refractivity contribution in [3.05, 3.63) is 108 Å². The summed E-state index contributed by atoms with van der Waals surface area (Å²) in [5.74, 6) is 0.117. The molecule has 0 saturated carbocycles. The minimum absolute atomic E-state index is 0.0104.